The van der Waals surface area contributed by atoms with Crippen LogP contribution in [0, 0.1) is 0 Å². The van der Waals surface area contributed by atoms with Crippen molar-refractivity contribution in [3.8, 4) is 5.75 Å². The molecule has 1 N–H and O–H groups in total. The monoisotopic (exact) mass is 269 g/mol. The van der Waals surface area contributed by atoms with Crippen molar-refractivity contribution in [3.63, 3.8) is 0 Å². The molecular formula is C16H15NO3. The van der Waals surface area contributed by atoms with Crippen molar-refractivity contribution < 1.29 is 14.6 Å². The van der Waals surface area contributed by atoms with E-state index in [9.17, 15) is 4.79 Å². The second-order valence-corrected chi connectivity index (χ2v) is 4.85. The van der Waals surface area contributed by atoms with Crippen LogP contribution in [0.5, 0.6) is 5.75 Å². The molecule has 1 aliphatic carbocycles. The summed E-state index contributed by atoms with van der Waals surface area (Å²) in [6.45, 7) is 0. The van der Waals surface area contributed by atoms with E-state index in [1.807, 2.05) is 12.1 Å². The zero-order valence-corrected chi connectivity index (χ0v) is 11.0. The summed E-state index contributed by atoms with van der Waals surface area (Å²) in [4.78, 5) is 15.0. The van der Waals surface area contributed by atoms with E-state index in [1.54, 1.807) is 12.1 Å². The Balaban J connectivity index is 1.92. The first kappa shape index (κ1) is 12.7. The van der Waals surface area contributed by atoms with E-state index < -0.39 is 5.97 Å². The number of fused-ring (bicyclic) bond motifs is 1. The quantitative estimate of drug-likeness (QED) is 0.929. The fourth-order valence-corrected chi connectivity index (χ4v) is 2.63. The van der Waals surface area contributed by atoms with Gasteiger partial charge in [0.1, 0.15) is 6.10 Å². The Morgan fingerprint density at radius 1 is 1.25 bits per heavy atom. The van der Waals surface area contributed by atoms with Gasteiger partial charge in [-0.05, 0) is 42.5 Å². The van der Waals surface area contributed by atoms with Crippen LogP contribution in [0.1, 0.15) is 40.6 Å². The van der Waals surface area contributed by atoms with E-state index in [2.05, 4.69) is 17.1 Å². The molecule has 0 bridgehead atoms. The Bertz CT molecular complexity index is 639. The summed E-state index contributed by atoms with van der Waals surface area (Å²) in [7, 11) is 0. The topological polar surface area (TPSA) is 59.4 Å². The van der Waals surface area contributed by atoms with Gasteiger partial charge in [0, 0.05) is 6.20 Å². The van der Waals surface area contributed by atoms with Crippen molar-refractivity contribution >= 4 is 5.97 Å². The van der Waals surface area contributed by atoms with Crippen LogP contribution in [0.25, 0.3) is 0 Å². The minimum atomic E-state index is -1.07. The van der Waals surface area contributed by atoms with Gasteiger partial charge in [0.25, 0.3) is 0 Å². The molecule has 4 heteroatoms. The van der Waals surface area contributed by atoms with Crippen molar-refractivity contribution in [2.45, 2.75) is 25.4 Å². The SMILES string of the molecule is O=C(O)c1ncccc1OC1CCCc2ccccc21. The second kappa shape index (κ2) is 5.33. The average Bonchev–Trinajstić information content (AvgIpc) is 2.48. The zero-order valence-electron chi connectivity index (χ0n) is 11.0. The van der Waals surface area contributed by atoms with E-state index in [0.717, 1.165) is 24.8 Å². The van der Waals surface area contributed by atoms with Crippen LogP contribution in [0.4, 0.5) is 0 Å². The summed E-state index contributed by atoms with van der Waals surface area (Å²) in [5.74, 6) is -0.730. The maximum atomic E-state index is 11.2. The summed E-state index contributed by atoms with van der Waals surface area (Å²) >= 11 is 0. The van der Waals surface area contributed by atoms with Crippen LogP contribution >= 0.6 is 0 Å². The summed E-state index contributed by atoms with van der Waals surface area (Å²) in [5, 5.41) is 9.15. The zero-order chi connectivity index (χ0) is 13.9. The van der Waals surface area contributed by atoms with Crippen LogP contribution in [-0.2, 0) is 6.42 Å². The Kier molecular flexibility index (Phi) is 3.37. The first-order valence-electron chi connectivity index (χ1n) is 6.68. The van der Waals surface area contributed by atoms with Crippen molar-refractivity contribution in [2.75, 3.05) is 0 Å². The fraction of sp³-hybridized carbons (Fsp3) is 0.250. The third kappa shape index (κ3) is 2.37. The van der Waals surface area contributed by atoms with Gasteiger partial charge in [0.15, 0.2) is 11.4 Å². The molecule has 1 aromatic heterocycles. The minimum absolute atomic E-state index is 0.0319. The predicted octanol–water partition coefficient (Wildman–Crippen LogP) is 3.24. The van der Waals surface area contributed by atoms with Gasteiger partial charge in [0.2, 0.25) is 0 Å². The first-order chi connectivity index (χ1) is 9.75. The summed E-state index contributed by atoms with van der Waals surface area (Å²) in [5.41, 5.74) is 2.40. The van der Waals surface area contributed by atoms with Gasteiger partial charge in [-0.1, -0.05) is 24.3 Å². The molecule has 0 aliphatic heterocycles. The first-order valence-corrected chi connectivity index (χ1v) is 6.68. The molecule has 1 aliphatic rings. The number of hydrogen-bond acceptors (Lipinski definition) is 3. The molecule has 0 fully saturated rings. The normalized spacial score (nSPS) is 17.3. The van der Waals surface area contributed by atoms with Gasteiger partial charge >= 0.3 is 5.97 Å². The van der Waals surface area contributed by atoms with Crippen LogP contribution < -0.4 is 4.74 Å². The Morgan fingerprint density at radius 2 is 2.10 bits per heavy atom. The van der Waals surface area contributed by atoms with Crippen LogP contribution in [0.15, 0.2) is 42.6 Å². The number of aromatic nitrogens is 1. The number of carbonyl (C=O) groups is 1. The maximum absolute atomic E-state index is 11.2. The van der Waals surface area contributed by atoms with E-state index in [4.69, 9.17) is 9.84 Å². The Morgan fingerprint density at radius 3 is 2.95 bits per heavy atom. The third-order valence-corrected chi connectivity index (χ3v) is 3.56. The van der Waals surface area contributed by atoms with Crippen LogP contribution in [0.3, 0.4) is 0 Å². The molecule has 0 radical (unpaired) electrons. The van der Waals surface area contributed by atoms with Gasteiger partial charge in [-0.25, -0.2) is 9.78 Å². The van der Waals surface area contributed by atoms with Crippen molar-refractivity contribution in [1.29, 1.82) is 0 Å². The van der Waals surface area contributed by atoms with Gasteiger partial charge in [0.05, 0.1) is 0 Å². The van der Waals surface area contributed by atoms with E-state index in [-0.39, 0.29) is 11.8 Å². The van der Waals surface area contributed by atoms with Gasteiger partial charge in [-0.15, -0.1) is 0 Å². The van der Waals surface area contributed by atoms with E-state index >= 15 is 0 Å². The molecule has 1 atom stereocenters. The van der Waals surface area contributed by atoms with Crippen molar-refractivity contribution in [1.82, 2.24) is 4.98 Å². The number of hydrogen-bond donors (Lipinski definition) is 1. The minimum Gasteiger partial charge on any atom is -0.483 e. The molecule has 1 unspecified atom stereocenters. The standard InChI is InChI=1S/C16H15NO3/c18-16(19)15-14(9-4-10-17-15)20-13-8-3-6-11-5-1-2-7-12(11)13/h1-2,4-5,7,9-10,13H,3,6,8H2,(H,18,19). The van der Waals surface area contributed by atoms with Crippen LogP contribution in [0.2, 0.25) is 0 Å². The average molecular weight is 269 g/mol. The highest BCUT2D eigenvalue weighted by Crippen LogP contribution is 2.34. The Hall–Kier alpha value is -2.36. The molecule has 4 nitrogen and oxygen atoms in total. The van der Waals surface area contributed by atoms with Gasteiger partial charge in [-0.2, -0.15) is 0 Å². The molecular weight excluding hydrogens is 254 g/mol. The number of aromatic carboxylic acids is 1. The number of carboxylic acid groups (broad SMARTS) is 1. The molecule has 2 aromatic rings. The summed E-state index contributed by atoms with van der Waals surface area (Å²) in [6, 6.07) is 11.5. The number of pyridine rings is 1. The lowest BCUT2D eigenvalue weighted by Crippen LogP contribution is -2.16. The molecule has 20 heavy (non-hydrogen) atoms. The lowest BCUT2D eigenvalue weighted by molar-refractivity contribution is 0.0680. The number of nitrogens with zero attached hydrogens (tertiary/aromatic N) is 1. The largest absolute Gasteiger partial charge is 0.483 e. The highest BCUT2D eigenvalue weighted by molar-refractivity contribution is 5.88. The van der Waals surface area contributed by atoms with Gasteiger partial charge < -0.3 is 9.84 Å². The number of aryl methyl sites for hydroxylation is 1. The number of rotatable bonds is 3. The molecule has 0 amide bonds. The maximum Gasteiger partial charge on any atom is 0.358 e. The lowest BCUT2D eigenvalue weighted by Gasteiger charge is -2.26. The number of benzene rings is 1. The molecule has 0 spiro atoms. The summed E-state index contributed by atoms with van der Waals surface area (Å²) < 4.78 is 5.93. The molecule has 1 heterocycles. The molecule has 3 rings (SSSR count). The fourth-order valence-electron chi connectivity index (χ4n) is 2.63. The molecule has 102 valence electrons. The molecule has 0 saturated heterocycles. The molecule has 1 aromatic carbocycles. The molecule has 0 saturated carbocycles. The summed E-state index contributed by atoms with van der Waals surface area (Å²) in [6.07, 6.45) is 4.36. The lowest BCUT2D eigenvalue weighted by atomic mass is 9.89. The van der Waals surface area contributed by atoms with E-state index in [0.29, 0.717) is 5.75 Å². The van der Waals surface area contributed by atoms with Gasteiger partial charge in [-0.3, -0.25) is 0 Å². The highest BCUT2D eigenvalue weighted by atomic mass is 16.5. The predicted molar refractivity (Wildman–Crippen MR) is 73.9 cm³/mol. The Labute approximate surface area is 117 Å². The number of ether oxygens (including phenoxy) is 1. The number of carboxylic acids is 1. The van der Waals surface area contributed by atoms with Crippen LogP contribution in [-0.4, -0.2) is 16.1 Å². The third-order valence-electron chi connectivity index (χ3n) is 3.56. The van der Waals surface area contributed by atoms with Crippen molar-refractivity contribution in [3.05, 3.63) is 59.4 Å². The highest BCUT2D eigenvalue weighted by Gasteiger charge is 2.23. The van der Waals surface area contributed by atoms with Crippen molar-refractivity contribution in [2.24, 2.45) is 0 Å². The van der Waals surface area contributed by atoms with E-state index in [1.165, 1.54) is 11.8 Å². The smallest absolute Gasteiger partial charge is 0.358 e. The second-order valence-electron chi connectivity index (χ2n) is 4.85.